The van der Waals surface area contributed by atoms with Crippen LogP contribution < -0.4 is 16.4 Å². The first-order chi connectivity index (χ1) is 19.0. The molecule has 1 fully saturated rings. The van der Waals surface area contributed by atoms with E-state index in [1.54, 1.807) is 6.07 Å². The average molecular weight is 551 g/mol. The number of hydrogen-bond acceptors (Lipinski definition) is 9. The topological polar surface area (TPSA) is 164 Å². The van der Waals surface area contributed by atoms with E-state index in [9.17, 15) is 9.59 Å². The number of carbonyl (C=O) groups is 2. The lowest BCUT2D eigenvalue weighted by molar-refractivity contribution is -0.111. The van der Waals surface area contributed by atoms with Crippen LogP contribution in [-0.2, 0) is 20.5 Å². The lowest BCUT2D eigenvalue weighted by atomic mass is 9.94. The summed E-state index contributed by atoms with van der Waals surface area (Å²) in [6.45, 7) is 13.4. The van der Waals surface area contributed by atoms with Crippen molar-refractivity contribution in [1.29, 1.82) is 0 Å². The van der Waals surface area contributed by atoms with Gasteiger partial charge in [-0.15, -0.1) is 0 Å². The van der Waals surface area contributed by atoms with E-state index in [1.165, 1.54) is 6.08 Å². The lowest BCUT2D eigenvalue weighted by Crippen LogP contribution is -2.44. The van der Waals surface area contributed by atoms with E-state index >= 15 is 0 Å². The van der Waals surface area contributed by atoms with Gasteiger partial charge in [-0.25, -0.2) is 4.98 Å². The van der Waals surface area contributed by atoms with Gasteiger partial charge in [0.05, 0.1) is 24.4 Å². The van der Waals surface area contributed by atoms with Crippen LogP contribution in [-0.4, -0.2) is 69.7 Å². The van der Waals surface area contributed by atoms with Crippen LogP contribution in [0.3, 0.4) is 0 Å². The minimum Gasteiger partial charge on any atom is -0.382 e. The Kier molecular flexibility index (Phi) is 8.70. The van der Waals surface area contributed by atoms with Crippen LogP contribution in [0.15, 0.2) is 40.9 Å². The molecule has 2 amide bonds. The fourth-order valence-electron chi connectivity index (χ4n) is 4.22. The number of H-pyrrole nitrogens is 1. The third-order valence-corrected chi connectivity index (χ3v) is 6.81. The third-order valence-electron chi connectivity index (χ3n) is 6.81. The smallest absolute Gasteiger partial charge is 0.315 e. The molecule has 0 radical (unpaired) electrons. The molecule has 1 unspecified atom stereocenters. The summed E-state index contributed by atoms with van der Waals surface area (Å²) in [4.78, 5) is 39.7. The van der Waals surface area contributed by atoms with Gasteiger partial charge in [-0.1, -0.05) is 51.1 Å². The molecule has 40 heavy (non-hydrogen) atoms. The zero-order valence-corrected chi connectivity index (χ0v) is 23.7. The Morgan fingerprint density at radius 1 is 1.18 bits per heavy atom. The first kappa shape index (κ1) is 29.0. The number of hydrogen-bond donors (Lipinski definition) is 4. The van der Waals surface area contributed by atoms with Crippen molar-refractivity contribution in [2.75, 3.05) is 43.9 Å². The fourth-order valence-corrected chi connectivity index (χ4v) is 4.22. The number of benzene rings is 1. The van der Waals surface area contributed by atoms with E-state index < -0.39 is 11.4 Å². The van der Waals surface area contributed by atoms with Gasteiger partial charge in [0.25, 0.3) is 0 Å². The molecule has 5 N–H and O–H groups in total. The number of aromatic amines is 1. The number of nitrogens with zero attached hydrogens (tertiary/aromatic N) is 4. The van der Waals surface area contributed by atoms with E-state index in [0.29, 0.717) is 49.2 Å². The van der Waals surface area contributed by atoms with Crippen molar-refractivity contribution in [3.05, 3.63) is 53.8 Å². The van der Waals surface area contributed by atoms with Crippen LogP contribution in [0.5, 0.6) is 0 Å². The van der Waals surface area contributed by atoms with Crippen LogP contribution >= 0.6 is 0 Å². The number of nitrogens with one attached hydrogen (secondary N) is 3. The van der Waals surface area contributed by atoms with Crippen LogP contribution in [0.4, 0.5) is 11.5 Å². The molecular formula is C28H38N8O4. The van der Waals surface area contributed by atoms with Gasteiger partial charge < -0.3 is 30.6 Å². The Morgan fingerprint density at radius 3 is 2.60 bits per heavy atom. The van der Waals surface area contributed by atoms with Crippen LogP contribution in [0.25, 0.3) is 11.4 Å². The summed E-state index contributed by atoms with van der Waals surface area (Å²) < 4.78 is 10.6. The summed E-state index contributed by atoms with van der Waals surface area (Å²) in [7, 11) is 0. The molecule has 214 valence electrons. The number of nitrogen functional groups attached to an aromatic ring is 1. The Bertz CT molecular complexity index is 1370. The number of nitrogens with two attached hydrogens (primary N) is 1. The van der Waals surface area contributed by atoms with Gasteiger partial charge in [-0.2, -0.15) is 4.98 Å². The predicted octanol–water partition coefficient (Wildman–Crippen LogP) is 3.22. The second-order valence-corrected chi connectivity index (χ2v) is 11.0. The van der Waals surface area contributed by atoms with Gasteiger partial charge in [0, 0.05) is 42.4 Å². The van der Waals surface area contributed by atoms with E-state index in [4.69, 9.17) is 15.0 Å². The number of morpholine rings is 1. The van der Waals surface area contributed by atoms with Gasteiger partial charge in [0.15, 0.2) is 5.82 Å². The van der Waals surface area contributed by atoms with E-state index in [-0.39, 0.29) is 23.0 Å². The lowest BCUT2D eigenvalue weighted by Gasteiger charge is -2.28. The Morgan fingerprint density at radius 2 is 1.93 bits per heavy atom. The molecule has 1 atom stereocenters. The van der Waals surface area contributed by atoms with Gasteiger partial charge in [0.1, 0.15) is 11.6 Å². The molecule has 12 heteroatoms. The Hall–Kier alpha value is -4.03. The number of imidazole rings is 1. The van der Waals surface area contributed by atoms with Crippen molar-refractivity contribution in [3.8, 4) is 11.4 Å². The van der Waals surface area contributed by atoms with Crippen LogP contribution in [0.1, 0.15) is 63.2 Å². The molecule has 1 aliphatic rings. The van der Waals surface area contributed by atoms with Crippen molar-refractivity contribution in [1.82, 2.24) is 30.3 Å². The van der Waals surface area contributed by atoms with Crippen molar-refractivity contribution < 1.29 is 18.8 Å². The first-order valence-corrected chi connectivity index (χ1v) is 13.4. The fraction of sp³-hybridized carbons (Fsp3) is 0.464. The van der Waals surface area contributed by atoms with E-state index in [1.807, 2.05) is 58.9 Å². The summed E-state index contributed by atoms with van der Waals surface area (Å²) in [5, 5.41) is 9.78. The molecule has 4 rings (SSSR count). The molecule has 1 saturated heterocycles. The number of rotatable bonds is 9. The maximum atomic E-state index is 13.0. The highest BCUT2D eigenvalue weighted by Crippen LogP contribution is 2.31. The summed E-state index contributed by atoms with van der Waals surface area (Å²) in [5.74, 6) is 0.356. The molecule has 0 aliphatic carbocycles. The van der Waals surface area contributed by atoms with Crippen molar-refractivity contribution >= 4 is 23.3 Å². The van der Waals surface area contributed by atoms with E-state index in [2.05, 4.69) is 35.6 Å². The molecule has 3 heterocycles. The molecule has 3 aromatic rings. The van der Waals surface area contributed by atoms with E-state index in [0.717, 1.165) is 18.7 Å². The monoisotopic (exact) mass is 550 g/mol. The maximum Gasteiger partial charge on any atom is 0.315 e. The summed E-state index contributed by atoms with van der Waals surface area (Å²) in [6.07, 6.45) is 3.90. The predicted molar refractivity (Wildman–Crippen MR) is 152 cm³/mol. The summed E-state index contributed by atoms with van der Waals surface area (Å²) in [5.41, 5.74) is 6.97. The zero-order chi connectivity index (χ0) is 28.9. The number of carbonyl (C=O) groups excluding carboxylic acids is 2. The molecule has 12 nitrogen and oxygen atoms in total. The van der Waals surface area contributed by atoms with Crippen molar-refractivity contribution in [2.24, 2.45) is 0 Å². The minimum atomic E-state index is -0.889. The first-order valence-electron chi connectivity index (χ1n) is 13.4. The number of ether oxygens (including phenoxy) is 1. The highest BCUT2D eigenvalue weighted by atomic mass is 16.5. The van der Waals surface area contributed by atoms with Gasteiger partial charge >= 0.3 is 11.8 Å². The molecular weight excluding hydrogens is 512 g/mol. The second-order valence-electron chi connectivity index (χ2n) is 11.0. The largest absolute Gasteiger partial charge is 0.382 e. The molecule has 1 aliphatic heterocycles. The third kappa shape index (κ3) is 6.93. The molecule has 2 aromatic heterocycles. The Labute approximate surface area is 233 Å². The SMILES string of the molecule is CCC(C)(NC(=O)c1nc(C(C)(C)C)no1)c1[nH]c(-c2cccc(NC(=O)/C=C/CN3CCOCC3)c2)nc1N. The van der Waals surface area contributed by atoms with Gasteiger partial charge in [0.2, 0.25) is 5.91 Å². The average Bonchev–Trinajstić information content (AvgIpc) is 3.57. The maximum absolute atomic E-state index is 13.0. The van der Waals surface area contributed by atoms with Crippen molar-refractivity contribution in [3.63, 3.8) is 0 Å². The molecule has 0 spiro atoms. The standard InChI is InChI=1S/C28H38N8O4/c1-6-28(5,34-24(38)25-33-26(35-40-25)27(2,3)4)21-22(29)32-23(31-21)18-9-7-10-19(17-18)30-20(37)11-8-12-36-13-15-39-16-14-36/h7-11,17H,6,12-16,29H2,1-5H3,(H,30,37)(H,31,32)(H,34,38)/b11-8+. The van der Waals surface area contributed by atoms with Crippen LogP contribution in [0, 0.1) is 0 Å². The quantitative estimate of drug-likeness (QED) is 0.293. The number of anilines is 2. The minimum absolute atomic E-state index is 0.120. The Balaban J connectivity index is 1.45. The number of amides is 2. The highest BCUT2D eigenvalue weighted by Gasteiger charge is 2.34. The van der Waals surface area contributed by atoms with Crippen molar-refractivity contribution in [2.45, 2.75) is 52.0 Å². The summed E-state index contributed by atoms with van der Waals surface area (Å²) >= 11 is 0. The van der Waals surface area contributed by atoms with Gasteiger partial charge in [-0.05, 0) is 25.5 Å². The van der Waals surface area contributed by atoms with Gasteiger partial charge in [-0.3, -0.25) is 14.5 Å². The number of aromatic nitrogens is 4. The molecule has 0 bridgehead atoms. The normalized spacial score (nSPS) is 16.1. The summed E-state index contributed by atoms with van der Waals surface area (Å²) in [6, 6.07) is 7.30. The zero-order valence-electron chi connectivity index (χ0n) is 23.7. The molecule has 1 aromatic carbocycles. The highest BCUT2D eigenvalue weighted by molar-refractivity contribution is 5.99. The van der Waals surface area contributed by atoms with Crippen LogP contribution in [0.2, 0.25) is 0 Å². The second kappa shape index (κ2) is 12.0. The molecule has 0 saturated carbocycles.